The van der Waals surface area contributed by atoms with E-state index in [0.717, 1.165) is 29.8 Å². The molecule has 0 atom stereocenters. The van der Waals surface area contributed by atoms with E-state index < -0.39 is 0 Å². The molecule has 28 heavy (non-hydrogen) atoms. The number of ether oxygens (including phenoxy) is 1. The van der Waals surface area contributed by atoms with Crippen molar-refractivity contribution in [1.82, 2.24) is 5.32 Å². The van der Waals surface area contributed by atoms with Crippen LogP contribution in [0.5, 0.6) is 5.75 Å². The number of rotatable bonds is 8. The zero-order valence-electron chi connectivity index (χ0n) is 17.0. The normalized spacial score (nSPS) is 10.5. The molecule has 0 saturated heterocycles. The molecular formula is C22H29N3O3. The fourth-order valence-electron chi connectivity index (χ4n) is 2.53. The van der Waals surface area contributed by atoms with E-state index in [9.17, 15) is 9.59 Å². The summed E-state index contributed by atoms with van der Waals surface area (Å²) in [5.74, 6) is 0.597. The minimum Gasteiger partial charge on any atom is -0.494 e. The van der Waals surface area contributed by atoms with Gasteiger partial charge in [-0.05, 0) is 75.2 Å². The van der Waals surface area contributed by atoms with Gasteiger partial charge < -0.3 is 20.7 Å². The van der Waals surface area contributed by atoms with Crippen LogP contribution in [0.4, 0.5) is 16.2 Å². The molecule has 0 unspecified atom stereocenters. The average Bonchev–Trinajstić information content (AvgIpc) is 2.64. The first-order chi connectivity index (χ1) is 13.4. The Kier molecular flexibility index (Phi) is 7.87. The van der Waals surface area contributed by atoms with Crippen LogP contribution in [-0.4, -0.2) is 24.6 Å². The van der Waals surface area contributed by atoms with Crippen molar-refractivity contribution in [2.45, 2.75) is 46.6 Å². The van der Waals surface area contributed by atoms with Crippen molar-refractivity contribution in [1.29, 1.82) is 0 Å². The van der Waals surface area contributed by atoms with Crippen molar-refractivity contribution in [2.75, 3.05) is 17.2 Å². The van der Waals surface area contributed by atoms with Crippen LogP contribution in [0.25, 0.3) is 0 Å². The summed E-state index contributed by atoms with van der Waals surface area (Å²) in [4.78, 5) is 24.2. The molecule has 0 radical (unpaired) electrons. The van der Waals surface area contributed by atoms with Crippen molar-refractivity contribution in [3.63, 3.8) is 0 Å². The van der Waals surface area contributed by atoms with Gasteiger partial charge in [-0.3, -0.25) is 4.79 Å². The number of hydrogen-bond donors (Lipinski definition) is 3. The van der Waals surface area contributed by atoms with Gasteiger partial charge in [0.1, 0.15) is 5.75 Å². The number of benzene rings is 2. The topological polar surface area (TPSA) is 79.5 Å². The molecule has 2 aromatic rings. The number of hydrogen-bond acceptors (Lipinski definition) is 3. The number of carbonyl (C=O) groups is 2. The van der Waals surface area contributed by atoms with E-state index in [1.54, 1.807) is 24.3 Å². The first-order valence-electron chi connectivity index (χ1n) is 9.61. The Morgan fingerprint density at radius 2 is 1.75 bits per heavy atom. The van der Waals surface area contributed by atoms with E-state index in [-0.39, 0.29) is 18.0 Å². The maximum atomic E-state index is 12.5. The third-order valence-electron chi connectivity index (χ3n) is 4.04. The highest BCUT2D eigenvalue weighted by molar-refractivity contribution is 6.05. The van der Waals surface area contributed by atoms with Crippen molar-refractivity contribution in [3.05, 3.63) is 53.6 Å². The molecule has 2 aromatic carbocycles. The van der Waals surface area contributed by atoms with Gasteiger partial charge in [-0.15, -0.1) is 0 Å². The lowest BCUT2D eigenvalue weighted by molar-refractivity contribution is 0.102. The first-order valence-corrected chi connectivity index (χ1v) is 9.61. The number of nitrogens with one attached hydrogen (secondary N) is 3. The number of carbonyl (C=O) groups excluding carboxylic acids is 2. The summed E-state index contributed by atoms with van der Waals surface area (Å²) in [6.45, 7) is 8.52. The molecule has 3 amide bonds. The van der Waals surface area contributed by atoms with Crippen LogP contribution in [0.2, 0.25) is 0 Å². The summed E-state index contributed by atoms with van der Waals surface area (Å²) in [5, 5.41) is 8.39. The number of unbranched alkanes of at least 4 members (excludes halogenated alkanes) is 1. The number of aryl methyl sites for hydroxylation is 1. The molecule has 0 aromatic heterocycles. The summed E-state index contributed by atoms with van der Waals surface area (Å²) in [7, 11) is 0. The van der Waals surface area contributed by atoms with Gasteiger partial charge in [-0.25, -0.2) is 4.79 Å². The average molecular weight is 383 g/mol. The Morgan fingerprint density at radius 1 is 1.04 bits per heavy atom. The molecule has 0 aliphatic heterocycles. The van der Waals surface area contributed by atoms with Gasteiger partial charge in [0.25, 0.3) is 5.91 Å². The number of amides is 3. The summed E-state index contributed by atoms with van der Waals surface area (Å²) in [5.41, 5.74) is 2.81. The molecule has 0 aliphatic rings. The molecule has 6 nitrogen and oxygen atoms in total. The Labute approximate surface area is 166 Å². The zero-order valence-corrected chi connectivity index (χ0v) is 17.0. The predicted molar refractivity (Wildman–Crippen MR) is 113 cm³/mol. The Bertz CT molecular complexity index is 801. The molecule has 0 fully saturated rings. The Morgan fingerprint density at radius 3 is 2.36 bits per heavy atom. The van der Waals surface area contributed by atoms with Crippen LogP contribution in [-0.2, 0) is 0 Å². The van der Waals surface area contributed by atoms with Crippen LogP contribution < -0.4 is 20.7 Å². The third-order valence-corrected chi connectivity index (χ3v) is 4.04. The quantitative estimate of drug-likeness (QED) is 0.564. The largest absolute Gasteiger partial charge is 0.494 e. The summed E-state index contributed by atoms with van der Waals surface area (Å²) in [6, 6.07) is 12.2. The molecule has 0 spiro atoms. The third kappa shape index (κ3) is 6.61. The minimum absolute atomic E-state index is 0.0525. The fraction of sp³-hybridized carbons (Fsp3) is 0.364. The first kappa shape index (κ1) is 21.3. The lowest BCUT2D eigenvalue weighted by Gasteiger charge is -2.12. The summed E-state index contributed by atoms with van der Waals surface area (Å²) in [6.07, 6.45) is 2.10. The molecule has 0 saturated carbocycles. The van der Waals surface area contributed by atoms with E-state index in [2.05, 4.69) is 22.9 Å². The number of urea groups is 1. The molecular weight excluding hydrogens is 354 g/mol. The van der Waals surface area contributed by atoms with Gasteiger partial charge in [0, 0.05) is 23.0 Å². The zero-order chi connectivity index (χ0) is 20.5. The standard InChI is InChI=1S/C22H29N3O3/c1-5-6-13-28-19-11-12-20(16(4)14-19)25-21(26)17-7-9-18(10-8-17)24-22(27)23-15(2)3/h7-12,14-15H,5-6,13H2,1-4H3,(H,25,26)(H2,23,24,27). The molecule has 0 aliphatic carbocycles. The predicted octanol–water partition coefficient (Wildman–Crippen LogP) is 4.96. The molecule has 0 heterocycles. The highest BCUT2D eigenvalue weighted by Crippen LogP contribution is 2.22. The Hall–Kier alpha value is -3.02. The molecule has 2 rings (SSSR count). The SMILES string of the molecule is CCCCOc1ccc(NC(=O)c2ccc(NC(=O)NC(C)C)cc2)c(C)c1. The van der Waals surface area contributed by atoms with Crippen LogP contribution in [0.15, 0.2) is 42.5 Å². The van der Waals surface area contributed by atoms with Crippen LogP contribution in [0, 0.1) is 6.92 Å². The van der Waals surface area contributed by atoms with E-state index in [1.807, 2.05) is 39.0 Å². The second kappa shape index (κ2) is 10.3. The monoisotopic (exact) mass is 383 g/mol. The van der Waals surface area contributed by atoms with Gasteiger partial charge in [0.05, 0.1) is 6.61 Å². The maximum absolute atomic E-state index is 12.5. The summed E-state index contributed by atoms with van der Waals surface area (Å²) < 4.78 is 5.69. The van der Waals surface area contributed by atoms with Crippen LogP contribution in [0.1, 0.15) is 49.5 Å². The molecule has 6 heteroatoms. The van der Waals surface area contributed by atoms with Crippen LogP contribution >= 0.6 is 0 Å². The lowest BCUT2D eigenvalue weighted by atomic mass is 10.1. The van der Waals surface area contributed by atoms with Gasteiger partial charge in [0.15, 0.2) is 0 Å². The fourth-order valence-corrected chi connectivity index (χ4v) is 2.53. The van der Waals surface area contributed by atoms with Crippen LogP contribution in [0.3, 0.4) is 0 Å². The maximum Gasteiger partial charge on any atom is 0.319 e. The molecule has 150 valence electrons. The van der Waals surface area contributed by atoms with E-state index >= 15 is 0 Å². The van der Waals surface area contributed by atoms with E-state index in [1.165, 1.54) is 0 Å². The summed E-state index contributed by atoms with van der Waals surface area (Å²) >= 11 is 0. The van der Waals surface area contributed by atoms with E-state index in [0.29, 0.717) is 17.9 Å². The second-order valence-electron chi connectivity index (χ2n) is 6.96. The minimum atomic E-state index is -0.274. The highest BCUT2D eigenvalue weighted by atomic mass is 16.5. The Balaban J connectivity index is 1.96. The van der Waals surface area contributed by atoms with Crippen molar-refractivity contribution >= 4 is 23.3 Å². The highest BCUT2D eigenvalue weighted by Gasteiger charge is 2.10. The van der Waals surface area contributed by atoms with Crippen molar-refractivity contribution in [2.24, 2.45) is 0 Å². The molecule has 0 bridgehead atoms. The molecule has 3 N–H and O–H groups in total. The van der Waals surface area contributed by atoms with Gasteiger partial charge in [0.2, 0.25) is 0 Å². The smallest absolute Gasteiger partial charge is 0.319 e. The van der Waals surface area contributed by atoms with Gasteiger partial charge >= 0.3 is 6.03 Å². The van der Waals surface area contributed by atoms with Gasteiger partial charge in [-0.1, -0.05) is 13.3 Å². The second-order valence-corrected chi connectivity index (χ2v) is 6.96. The van der Waals surface area contributed by atoms with Crippen molar-refractivity contribution < 1.29 is 14.3 Å². The van der Waals surface area contributed by atoms with E-state index in [4.69, 9.17) is 4.74 Å². The number of anilines is 2. The van der Waals surface area contributed by atoms with Crippen molar-refractivity contribution in [3.8, 4) is 5.75 Å². The van der Waals surface area contributed by atoms with Gasteiger partial charge in [-0.2, -0.15) is 0 Å². The lowest BCUT2D eigenvalue weighted by Crippen LogP contribution is -2.34.